The molecule has 0 aromatic carbocycles. The van der Waals surface area contributed by atoms with E-state index in [1.54, 1.807) is 0 Å². The molecular weight excluding hydrogens is 176 g/mol. The summed E-state index contributed by atoms with van der Waals surface area (Å²) in [6.07, 6.45) is 0.999. The molecule has 0 aromatic rings. The molecule has 1 N–H and O–H groups in total. The van der Waals surface area contributed by atoms with Gasteiger partial charge in [-0.05, 0) is 41.2 Å². The van der Waals surface area contributed by atoms with E-state index in [1.165, 1.54) is 0 Å². The van der Waals surface area contributed by atoms with Crippen LogP contribution in [0, 0.1) is 0 Å². The highest BCUT2D eigenvalue weighted by molar-refractivity contribution is 5.85. The number of carbonyl (C=O) groups is 1. The van der Waals surface area contributed by atoms with Crippen molar-refractivity contribution in [3.63, 3.8) is 0 Å². The fourth-order valence-electron chi connectivity index (χ4n) is 1.34. The minimum absolute atomic E-state index is 0.178. The predicted octanol–water partition coefficient (Wildman–Crippen LogP) is 1.63. The maximum Gasteiger partial charge on any atom is 0.242 e. The van der Waals surface area contributed by atoms with Crippen molar-refractivity contribution in [2.75, 3.05) is 13.6 Å². The molecule has 0 aliphatic heterocycles. The predicted molar refractivity (Wildman–Crippen MR) is 60.3 cm³/mol. The van der Waals surface area contributed by atoms with E-state index in [4.69, 9.17) is 0 Å². The molecule has 1 unspecified atom stereocenters. The van der Waals surface area contributed by atoms with Crippen LogP contribution in [0.3, 0.4) is 0 Å². The Bertz CT molecular complexity index is 190. The fourth-order valence-corrected chi connectivity index (χ4v) is 1.34. The second-order valence-electron chi connectivity index (χ2n) is 4.22. The van der Waals surface area contributed by atoms with E-state index in [9.17, 15) is 4.79 Å². The monoisotopic (exact) mass is 200 g/mol. The Morgan fingerprint density at radius 3 is 2.21 bits per heavy atom. The van der Waals surface area contributed by atoms with Crippen molar-refractivity contribution < 1.29 is 4.79 Å². The second kappa shape index (κ2) is 5.35. The molecule has 0 heterocycles. The summed E-state index contributed by atoms with van der Waals surface area (Å²) in [6.45, 7) is 10.8. The van der Waals surface area contributed by atoms with Gasteiger partial charge in [0.2, 0.25) is 5.91 Å². The lowest BCUT2D eigenvalue weighted by atomic mass is 10.0. The number of likely N-dealkylation sites (N-methyl/N-ethyl adjacent to an activating group) is 2. The molecule has 0 saturated heterocycles. The van der Waals surface area contributed by atoms with Crippen molar-refractivity contribution in [1.29, 1.82) is 0 Å². The Hall–Kier alpha value is -0.570. The molecule has 3 nitrogen and oxygen atoms in total. The van der Waals surface area contributed by atoms with Gasteiger partial charge in [-0.1, -0.05) is 6.92 Å². The van der Waals surface area contributed by atoms with Gasteiger partial charge in [0.1, 0.15) is 0 Å². The van der Waals surface area contributed by atoms with Gasteiger partial charge in [-0.3, -0.25) is 4.79 Å². The molecule has 1 atom stereocenters. The minimum Gasteiger partial charge on any atom is -0.339 e. The first-order chi connectivity index (χ1) is 6.40. The van der Waals surface area contributed by atoms with Crippen LogP contribution in [-0.2, 0) is 4.79 Å². The second-order valence-corrected chi connectivity index (χ2v) is 4.22. The summed E-state index contributed by atoms with van der Waals surface area (Å²) < 4.78 is 0. The van der Waals surface area contributed by atoms with Crippen LogP contribution in [0.4, 0.5) is 0 Å². The van der Waals surface area contributed by atoms with Crippen LogP contribution in [0.5, 0.6) is 0 Å². The van der Waals surface area contributed by atoms with Gasteiger partial charge < -0.3 is 10.2 Å². The molecule has 0 radical (unpaired) electrons. The molecule has 0 aromatic heterocycles. The number of amides is 1. The summed E-state index contributed by atoms with van der Waals surface area (Å²) >= 11 is 0. The molecule has 0 fully saturated rings. The van der Waals surface area contributed by atoms with Crippen molar-refractivity contribution in [3.8, 4) is 0 Å². The lowest BCUT2D eigenvalue weighted by Gasteiger charge is -2.34. The minimum atomic E-state index is -0.459. The molecule has 0 rings (SSSR count). The van der Waals surface area contributed by atoms with E-state index in [0.29, 0.717) is 6.04 Å². The van der Waals surface area contributed by atoms with Gasteiger partial charge in [0.15, 0.2) is 0 Å². The number of hydrogen-bond donors (Lipinski definition) is 1. The fraction of sp³-hybridized carbons (Fsp3) is 0.909. The summed E-state index contributed by atoms with van der Waals surface area (Å²) in [6, 6.07) is 0.320. The molecule has 14 heavy (non-hydrogen) atoms. The average molecular weight is 200 g/mol. The Balaban J connectivity index is 4.62. The molecule has 3 heteroatoms. The van der Waals surface area contributed by atoms with Crippen LogP contribution in [0.15, 0.2) is 0 Å². The maximum atomic E-state index is 12.1. The van der Waals surface area contributed by atoms with Gasteiger partial charge in [-0.25, -0.2) is 0 Å². The third-order valence-corrected chi connectivity index (χ3v) is 2.88. The van der Waals surface area contributed by atoms with E-state index in [0.717, 1.165) is 13.0 Å². The van der Waals surface area contributed by atoms with Crippen molar-refractivity contribution >= 4 is 5.91 Å². The number of nitrogens with zero attached hydrogens (tertiary/aromatic N) is 1. The van der Waals surface area contributed by atoms with Crippen LogP contribution in [-0.4, -0.2) is 36.0 Å². The Morgan fingerprint density at radius 1 is 1.43 bits per heavy atom. The first-order valence-corrected chi connectivity index (χ1v) is 5.40. The Kier molecular flexibility index (Phi) is 5.13. The number of carbonyl (C=O) groups excluding carboxylic acids is 1. The molecule has 0 saturated carbocycles. The third kappa shape index (κ3) is 2.98. The topological polar surface area (TPSA) is 32.3 Å². The molecule has 0 spiro atoms. The smallest absolute Gasteiger partial charge is 0.242 e. The zero-order valence-electron chi connectivity index (χ0n) is 10.3. The van der Waals surface area contributed by atoms with Crippen LogP contribution >= 0.6 is 0 Å². The van der Waals surface area contributed by atoms with Gasteiger partial charge >= 0.3 is 0 Å². The average Bonchev–Trinajstić information content (AvgIpc) is 2.18. The summed E-state index contributed by atoms with van der Waals surface area (Å²) in [4.78, 5) is 14.0. The summed E-state index contributed by atoms with van der Waals surface area (Å²) in [5, 5.41) is 3.04. The molecule has 0 bridgehead atoms. The molecule has 1 amide bonds. The normalized spacial score (nSPS) is 13.9. The van der Waals surface area contributed by atoms with E-state index in [-0.39, 0.29) is 5.91 Å². The zero-order chi connectivity index (χ0) is 11.4. The summed E-state index contributed by atoms with van der Waals surface area (Å²) in [5.41, 5.74) is -0.459. The van der Waals surface area contributed by atoms with Crippen LogP contribution in [0.2, 0.25) is 0 Å². The van der Waals surface area contributed by atoms with E-state index >= 15 is 0 Å². The molecule has 0 aliphatic rings. The SMILES string of the molecule is CCC(C)N(CC)C(=O)C(C)(C)NC. The highest BCUT2D eigenvalue weighted by atomic mass is 16.2. The van der Waals surface area contributed by atoms with Gasteiger partial charge in [0.05, 0.1) is 5.54 Å². The highest BCUT2D eigenvalue weighted by Gasteiger charge is 2.31. The van der Waals surface area contributed by atoms with Crippen molar-refractivity contribution in [2.45, 2.75) is 52.6 Å². The Labute approximate surface area is 87.9 Å². The quantitative estimate of drug-likeness (QED) is 0.731. The lowest BCUT2D eigenvalue weighted by Crippen LogP contribution is -2.55. The van der Waals surface area contributed by atoms with Gasteiger partial charge in [0, 0.05) is 12.6 Å². The number of hydrogen-bond acceptors (Lipinski definition) is 2. The van der Waals surface area contributed by atoms with E-state index < -0.39 is 5.54 Å². The zero-order valence-corrected chi connectivity index (χ0v) is 10.3. The maximum absolute atomic E-state index is 12.1. The first-order valence-electron chi connectivity index (χ1n) is 5.40. The molecule has 84 valence electrons. The van der Waals surface area contributed by atoms with Gasteiger partial charge in [0.25, 0.3) is 0 Å². The number of nitrogens with one attached hydrogen (secondary N) is 1. The summed E-state index contributed by atoms with van der Waals surface area (Å²) in [7, 11) is 1.82. The van der Waals surface area contributed by atoms with Crippen molar-refractivity contribution in [1.82, 2.24) is 10.2 Å². The van der Waals surface area contributed by atoms with E-state index in [2.05, 4.69) is 19.2 Å². The van der Waals surface area contributed by atoms with E-state index in [1.807, 2.05) is 32.7 Å². The molecular formula is C11H24N2O. The standard InChI is InChI=1S/C11H24N2O/c1-7-9(3)13(8-2)10(14)11(4,5)12-6/h9,12H,7-8H2,1-6H3. The molecule has 0 aliphatic carbocycles. The van der Waals surface area contributed by atoms with Crippen LogP contribution in [0.1, 0.15) is 41.0 Å². The van der Waals surface area contributed by atoms with Gasteiger partial charge in [-0.2, -0.15) is 0 Å². The van der Waals surface area contributed by atoms with Crippen molar-refractivity contribution in [2.24, 2.45) is 0 Å². The first kappa shape index (κ1) is 13.4. The highest BCUT2D eigenvalue weighted by Crippen LogP contribution is 2.12. The number of rotatable bonds is 5. The lowest BCUT2D eigenvalue weighted by molar-refractivity contribution is -0.138. The van der Waals surface area contributed by atoms with Gasteiger partial charge in [-0.15, -0.1) is 0 Å². The third-order valence-electron chi connectivity index (χ3n) is 2.88. The summed E-state index contributed by atoms with van der Waals surface area (Å²) in [5.74, 6) is 0.178. The Morgan fingerprint density at radius 2 is 1.93 bits per heavy atom. The van der Waals surface area contributed by atoms with Crippen LogP contribution in [0.25, 0.3) is 0 Å². The van der Waals surface area contributed by atoms with Crippen molar-refractivity contribution in [3.05, 3.63) is 0 Å². The largest absolute Gasteiger partial charge is 0.339 e. The van der Waals surface area contributed by atoms with Crippen LogP contribution < -0.4 is 5.32 Å².